The second-order valence-corrected chi connectivity index (χ2v) is 33.7. The Labute approximate surface area is 789 Å². The Morgan fingerprint density at radius 3 is 1.31 bits per heavy atom. The average Bonchev–Trinajstić information content (AvgIpc) is 1.62. The number of phenols is 2. The van der Waals surface area contributed by atoms with E-state index >= 15 is 0 Å². The van der Waals surface area contributed by atoms with E-state index in [1.165, 1.54) is 35.0 Å². The number of aliphatic imine (C=N–C) groups is 2. The molecule has 4 aliphatic rings. The van der Waals surface area contributed by atoms with Crippen LogP contribution < -0.4 is 43.9 Å². The number of hydrazone groups is 2. The monoisotopic (exact) mass is 1950 g/mol. The minimum absolute atomic E-state index is 0.0924. The number of likely N-dealkylation sites (N-methyl/N-ethyl adjacent to an activating group) is 2. The summed E-state index contributed by atoms with van der Waals surface area (Å²) in [6.07, 6.45) is 12.9. The summed E-state index contributed by atoms with van der Waals surface area (Å²) >= 11 is 2.14. The Morgan fingerprint density at radius 1 is 0.460 bits per heavy atom. The summed E-state index contributed by atoms with van der Waals surface area (Å²) in [6, 6.07) is 42.9. The molecule has 6 aromatic carbocycles. The molecule has 11 N–H and O–H groups in total. The average molecular weight is 1950 g/mol. The first kappa shape index (κ1) is 88.9. The van der Waals surface area contributed by atoms with Gasteiger partial charge in [-0.1, -0.05) is 78.7 Å². The van der Waals surface area contributed by atoms with E-state index in [1.807, 2.05) is 125 Å². The minimum atomic E-state index is -0.736. The molecule has 39 nitrogen and oxygen atoms in total. The number of hydrogen-bond donors (Lipinski definition) is 7. The molecule has 16 heterocycles. The van der Waals surface area contributed by atoms with Gasteiger partial charge in [0.1, 0.15) is 112 Å². The number of rotatable bonds is 14. The number of nitrogen functional groups attached to an aromatic ring is 4. The standard InChI is InChI=1S/2C26H23FN8O2.C23H20N8O2.C20H17IN8O/c1-14-5-3-4-6-20(14)35-21(31-19-12-30-33(2)24(19)26(35)37)13-34-25-22(18(28)7-8-29-25)23(32-34)15-9-16(27)11-17(36)10-15;1-14-5-3-4-6-19(14)35-21(31-18-12-30-33(2)24(18)26(35)37)13-34-25-22(17(28)9-10-29-25)23(32-34)15-7-8-16(27)20(36)11-15;1-14-6-3-4-8-18(14)31-19(27-17-12-26-29(2)21(17)23(31)33)13-30-22-20(15(24)9-10-25-22)16(28-30)7-5-11-32;1-11-5-3-4-6-14(11)29-15(25-13-9-24-27(2)17(13)20(29)30)10-28-19-16(18(21)26-28)12(22)7-8-23-19/h3-12,19,24,36H,13H2,1-2H3,(H2,28,29);3-12,18,24,36H,13H2,1-2H3,(H2,28,29);3-4,6,8-10,12,32H,11,13H2,1-2H3,(H2,24,25);3-9H,10H2,1-2H3,(H2,22,23). The zero-order chi connectivity index (χ0) is 95.8. The maximum Gasteiger partial charge on any atom is 0.284 e. The third-order valence-corrected chi connectivity index (χ3v) is 24.6. The number of nitrogens with two attached hydrogens (primary N) is 4. The minimum Gasteiger partial charge on any atom is -0.508 e. The van der Waals surface area contributed by atoms with Crippen molar-refractivity contribution >= 4 is 159 Å². The maximum absolute atomic E-state index is 14.1. The van der Waals surface area contributed by atoms with Crippen molar-refractivity contribution in [1.82, 2.24) is 108 Å². The van der Waals surface area contributed by atoms with E-state index in [2.05, 4.69) is 85.0 Å². The van der Waals surface area contributed by atoms with Crippen LogP contribution in [0.1, 0.15) is 39.6 Å². The molecule has 18 aromatic rings. The van der Waals surface area contributed by atoms with Crippen molar-refractivity contribution in [3.05, 3.63) is 271 Å². The molecule has 686 valence electrons. The number of aliphatic hydroxyl groups is 1. The summed E-state index contributed by atoms with van der Waals surface area (Å²) in [4.78, 5) is 95.0. The van der Waals surface area contributed by atoms with Gasteiger partial charge in [0.2, 0.25) is 0 Å². The largest absolute Gasteiger partial charge is 0.508 e. The lowest BCUT2D eigenvalue weighted by molar-refractivity contribution is -0.123. The highest BCUT2D eigenvalue weighted by atomic mass is 127. The van der Waals surface area contributed by atoms with E-state index in [0.29, 0.717) is 141 Å². The SMILES string of the molecule is Cc1ccccc1-n1c(Cn2nc(C#CCO)c3c(N)ccnc32)nc2cnn(C)c2c1=O.Cc1ccccc1-n1c(Cn2nc(I)c3c(N)ccnc32)nc2cnn(C)c2c1=O.Cc1ccccc1N1C(=O)C2C(C=NN2C)N=C1Cn1nc(-c2cc(O)cc(F)c2)c2c(N)ccnc21.Cc1ccccc1N1C(=O)C2C(C=NN2C)N=C1Cn1nc(-c2ccc(F)c(O)c2)c2c(N)ccnc21. The van der Waals surface area contributed by atoms with Crippen molar-refractivity contribution < 1.29 is 33.7 Å². The van der Waals surface area contributed by atoms with Crippen molar-refractivity contribution in [3.63, 3.8) is 0 Å². The van der Waals surface area contributed by atoms with Crippen LogP contribution >= 0.6 is 22.6 Å². The first-order chi connectivity index (χ1) is 66.1. The molecule has 22 rings (SSSR count). The lowest BCUT2D eigenvalue weighted by Crippen LogP contribution is -2.56. The highest BCUT2D eigenvalue weighted by molar-refractivity contribution is 14.1. The Bertz CT molecular complexity index is 8300. The molecule has 0 saturated heterocycles. The fourth-order valence-corrected chi connectivity index (χ4v) is 18.2. The zero-order valence-electron chi connectivity index (χ0n) is 74.4. The molecular formula is C95H83F2IN32O7. The number of benzene rings is 6. The van der Waals surface area contributed by atoms with Crippen LogP contribution in [-0.4, -0.2) is 204 Å². The predicted molar refractivity (Wildman–Crippen MR) is 524 cm³/mol. The molecule has 137 heavy (non-hydrogen) atoms. The summed E-state index contributed by atoms with van der Waals surface area (Å²) < 4.78 is 41.5. The molecule has 4 aliphatic heterocycles. The number of aromatic hydroxyl groups is 2. The number of aromatic nitrogens is 20. The van der Waals surface area contributed by atoms with Crippen LogP contribution in [0.4, 0.5) is 42.9 Å². The van der Waals surface area contributed by atoms with Crippen molar-refractivity contribution in [2.24, 2.45) is 34.3 Å². The van der Waals surface area contributed by atoms with E-state index in [4.69, 9.17) is 58.2 Å². The highest BCUT2D eigenvalue weighted by Crippen LogP contribution is 2.39. The second kappa shape index (κ2) is 36.0. The Kier molecular flexibility index (Phi) is 23.3. The number of pyridine rings is 4. The molecule has 0 bridgehead atoms. The van der Waals surface area contributed by atoms with Crippen LogP contribution in [0.2, 0.25) is 0 Å². The molecule has 2 amide bonds. The van der Waals surface area contributed by atoms with Gasteiger partial charge < -0.3 is 38.3 Å². The molecular weight excluding hydrogens is 1870 g/mol. The smallest absolute Gasteiger partial charge is 0.284 e. The normalized spacial score (nSPS) is 15.5. The van der Waals surface area contributed by atoms with E-state index in [-0.39, 0.29) is 61.5 Å². The number of carbonyl (C=O) groups is 2. The van der Waals surface area contributed by atoms with Crippen molar-refractivity contribution in [2.45, 2.75) is 78.0 Å². The third-order valence-electron chi connectivity index (χ3n) is 23.8. The van der Waals surface area contributed by atoms with Gasteiger partial charge in [0, 0.05) is 92.9 Å². The quantitative estimate of drug-likeness (QED) is 0.0393. The Hall–Kier alpha value is -17.4. The molecule has 0 radical (unpaired) electrons. The van der Waals surface area contributed by atoms with Gasteiger partial charge in [0.15, 0.2) is 57.3 Å². The number of amidine groups is 2. The number of halogens is 3. The highest BCUT2D eigenvalue weighted by Gasteiger charge is 2.46. The number of para-hydroxylation sites is 4. The summed E-state index contributed by atoms with van der Waals surface area (Å²) in [6.45, 7) is 8.07. The van der Waals surface area contributed by atoms with Crippen molar-refractivity contribution in [3.8, 4) is 57.2 Å². The number of carbonyl (C=O) groups excluding carboxylic acids is 2. The summed E-state index contributed by atoms with van der Waals surface area (Å²) in [5.74, 6) is 5.02. The zero-order valence-corrected chi connectivity index (χ0v) is 76.6. The molecule has 12 aromatic heterocycles. The van der Waals surface area contributed by atoms with Gasteiger partial charge in [-0.2, -0.15) is 40.8 Å². The summed E-state index contributed by atoms with van der Waals surface area (Å²) in [5.41, 5.74) is 39.0. The van der Waals surface area contributed by atoms with Gasteiger partial charge in [-0.25, -0.2) is 57.4 Å². The molecule has 0 spiro atoms. The number of amides is 2. The topological polar surface area (TPSA) is 490 Å². The molecule has 0 saturated carbocycles. The summed E-state index contributed by atoms with van der Waals surface area (Å²) in [7, 11) is 6.97. The van der Waals surface area contributed by atoms with Crippen LogP contribution in [0.15, 0.2) is 225 Å². The molecule has 4 atom stereocenters. The number of phenolic OH excluding ortho intramolecular Hbond substituents is 2. The van der Waals surface area contributed by atoms with Gasteiger partial charge >= 0.3 is 0 Å². The number of aryl methyl sites for hydroxylation is 6. The van der Waals surface area contributed by atoms with Crippen LogP contribution in [0.3, 0.4) is 0 Å². The lowest BCUT2D eigenvalue weighted by Gasteiger charge is -2.35. The van der Waals surface area contributed by atoms with Gasteiger partial charge in [-0.3, -0.25) is 67.5 Å². The summed E-state index contributed by atoms with van der Waals surface area (Å²) in [5, 5.41) is 70.4. The number of anilines is 6. The number of nitrogens with zero attached hydrogens (tertiary/aromatic N) is 28. The number of aliphatic hydroxyl groups excluding tert-OH is 1. The van der Waals surface area contributed by atoms with Gasteiger partial charge in [0.05, 0.1) is 69.1 Å². The van der Waals surface area contributed by atoms with E-state index in [9.17, 15) is 38.2 Å². The maximum atomic E-state index is 14.1. The number of fused-ring (bicyclic) bond motifs is 8. The van der Waals surface area contributed by atoms with Crippen LogP contribution in [0.25, 0.3) is 100 Å². The fraction of sp³-hybridized carbons (Fsp3) is 0.179. The third kappa shape index (κ3) is 16.2. The van der Waals surface area contributed by atoms with E-state index in [0.717, 1.165) is 54.5 Å². The predicted octanol–water partition coefficient (Wildman–Crippen LogP) is 9.45. The number of hydrogen-bond acceptors (Lipinski definition) is 29. The van der Waals surface area contributed by atoms with Crippen LogP contribution in [0.5, 0.6) is 11.5 Å². The van der Waals surface area contributed by atoms with Crippen LogP contribution in [-0.2, 0) is 49.9 Å². The second-order valence-electron chi connectivity index (χ2n) is 32.7. The first-order valence-corrected chi connectivity index (χ1v) is 43.8. The Morgan fingerprint density at radius 2 is 0.869 bits per heavy atom. The van der Waals surface area contributed by atoms with Gasteiger partial charge in [0.25, 0.3) is 22.9 Å². The van der Waals surface area contributed by atoms with Crippen LogP contribution in [0, 0.1) is 54.9 Å². The molecule has 0 aliphatic carbocycles. The first-order valence-electron chi connectivity index (χ1n) is 42.7. The van der Waals surface area contributed by atoms with Gasteiger partial charge in [-0.05, 0) is 157 Å². The van der Waals surface area contributed by atoms with Crippen molar-refractivity contribution in [2.75, 3.05) is 53.4 Å². The van der Waals surface area contributed by atoms with Gasteiger partial charge in [-0.15, -0.1) is 0 Å². The lowest BCUT2D eigenvalue weighted by atomic mass is 10.0. The van der Waals surface area contributed by atoms with E-state index < -0.39 is 41.6 Å². The Balaban J connectivity index is 0.000000117. The van der Waals surface area contributed by atoms with Crippen molar-refractivity contribution in [1.29, 1.82) is 0 Å². The molecule has 42 heteroatoms. The fourth-order valence-electron chi connectivity index (χ4n) is 17.3. The van der Waals surface area contributed by atoms with E-state index in [1.54, 1.807) is 154 Å². The molecule has 0 fully saturated rings. The molecule has 4 unspecified atom stereocenters.